The van der Waals surface area contributed by atoms with E-state index in [1.54, 1.807) is 0 Å². The second-order valence-corrected chi connectivity index (χ2v) is 6.52. The Balaban J connectivity index is 1.49. The van der Waals surface area contributed by atoms with Crippen LogP contribution in [0.2, 0.25) is 0 Å². The molecule has 112 valence electrons. The standard InChI is InChI=1S/C16H21BrN4/c1-13-11-15(19-18-13)5-6-20-7-9-21(10-8-20)16-4-2-3-14(17)12-16/h2-4,11-12H,5-10H2,1H3,(H,18,19). The van der Waals surface area contributed by atoms with Crippen LogP contribution in [0.3, 0.4) is 0 Å². The van der Waals surface area contributed by atoms with Crippen molar-refractivity contribution in [2.75, 3.05) is 37.6 Å². The lowest BCUT2D eigenvalue weighted by molar-refractivity contribution is 0.260. The molecule has 0 atom stereocenters. The van der Waals surface area contributed by atoms with E-state index in [9.17, 15) is 0 Å². The molecule has 4 nitrogen and oxygen atoms in total. The molecule has 0 bridgehead atoms. The Morgan fingerprint density at radius 3 is 2.67 bits per heavy atom. The van der Waals surface area contributed by atoms with Gasteiger partial charge in [0, 0.05) is 55.0 Å². The summed E-state index contributed by atoms with van der Waals surface area (Å²) in [7, 11) is 0. The van der Waals surface area contributed by atoms with Crippen LogP contribution in [0.15, 0.2) is 34.8 Å². The fraction of sp³-hybridized carbons (Fsp3) is 0.438. The third-order valence-corrected chi connectivity index (χ3v) is 4.48. The molecule has 0 aliphatic carbocycles. The Morgan fingerprint density at radius 2 is 2.00 bits per heavy atom. The Bertz CT molecular complexity index is 587. The molecule has 1 saturated heterocycles. The summed E-state index contributed by atoms with van der Waals surface area (Å²) in [5, 5.41) is 7.31. The van der Waals surface area contributed by atoms with Crippen molar-refractivity contribution in [3.8, 4) is 0 Å². The lowest BCUT2D eigenvalue weighted by Crippen LogP contribution is -2.47. The van der Waals surface area contributed by atoms with E-state index in [0.29, 0.717) is 0 Å². The smallest absolute Gasteiger partial charge is 0.0637 e. The summed E-state index contributed by atoms with van der Waals surface area (Å²) >= 11 is 3.55. The molecule has 0 unspecified atom stereocenters. The van der Waals surface area contributed by atoms with Gasteiger partial charge in [0.1, 0.15) is 0 Å². The molecule has 1 aliphatic rings. The number of anilines is 1. The van der Waals surface area contributed by atoms with E-state index in [2.05, 4.69) is 66.3 Å². The van der Waals surface area contributed by atoms with Gasteiger partial charge in [-0.05, 0) is 31.2 Å². The first-order valence-corrected chi connectivity index (χ1v) is 8.24. The van der Waals surface area contributed by atoms with Gasteiger partial charge in [0.05, 0.1) is 5.69 Å². The lowest BCUT2D eigenvalue weighted by Gasteiger charge is -2.36. The van der Waals surface area contributed by atoms with Crippen molar-refractivity contribution >= 4 is 21.6 Å². The number of aromatic nitrogens is 2. The number of rotatable bonds is 4. The fourth-order valence-electron chi connectivity index (χ4n) is 2.78. The molecular weight excluding hydrogens is 328 g/mol. The molecule has 0 spiro atoms. The van der Waals surface area contributed by atoms with Crippen LogP contribution in [-0.4, -0.2) is 47.8 Å². The molecule has 1 aromatic carbocycles. The Kier molecular flexibility index (Phi) is 4.60. The summed E-state index contributed by atoms with van der Waals surface area (Å²) < 4.78 is 1.15. The second kappa shape index (κ2) is 6.62. The number of hydrogen-bond donors (Lipinski definition) is 1. The number of H-pyrrole nitrogens is 1. The molecule has 1 fully saturated rings. The number of nitrogens with zero attached hydrogens (tertiary/aromatic N) is 3. The van der Waals surface area contributed by atoms with Gasteiger partial charge < -0.3 is 4.90 Å². The van der Waals surface area contributed by atoms with E-state index in [4.69, 9.17) is 0 Å². The number of piperazine rings is 1. The zero-order chi connectivity index (χ0) is 14.7. The normalized spacial score (nSPS) is 16.4. The number of hydrogen-bond acceptors (Lipinski definition) is 3. The van der Waals surface area contributed by atoms with Crippen molar-refractivity contribution in [3.63, 3.8) is 0 Å². The van der Waals surface area contributed by atoms with Crippen LogP contribution in [0, 0.1) is 6.92 Å². The minimum Gasteiger partial charge on any atom is -0.369 e. The van der Waals surface area contributed by atoms with Gasteiger partial charge in [-0.15, -0.1) is 0 Å². The summed E-state index contributed by atoms with van der Waals surface area (Å²) in [6, 6.07) is 10.7. The fourth-order valence-corrected chi connectivity index (χ4v) is 3.16. The molecule has 1 aliphatic heterocycles. The van der Waals surface area contributed by atoms with Gasteiger partial charge >= 0.3 is 0 Å². The van der Waals surface area contributed by atoms with Crippen molar-refractivity contribution in [1.29, 1.82) is 0 Å². The summed E-state index contributed by atoms with van der Waals surface area (Å²) in [4.78, 5) is 4.98. The van der Waals surface area contributed by atoms with Crippen LogP contribution in [-0.2, 0) is 6.42 Å². The van der Waals surface area contributed by atoms with Crippen molar-refractivity contribution in [2.45, 2.75) is 13.3 Å². The van der Waals surface area contributed by atoms with E-state index in [1.165, 1.54) is 11.4 Å². The van der Waals surface area contributed by atoms with E-state index in [1.807, 2.05) is 6.92 Å². The maximum atomic E-state index is 4.31. The van der Waals surface area contributed by atoms with Crippen molar-refractivity contribution < 1.29 is 0 Å². The summed E-state index contributed by atoms with van der Waals surface area (Å²) in [6.07, 6.45) is 1.03. The minimum atomic E-state index is 1.03. The quantitative estimate of drug-likeness (QED) is 0.922. The third kappa shape index (κ3) is 3.86. The molecule has 21 heavy (non-hydrogen) atoms. The average molecular weight is 349 g/mol. The highest BCUT2D eigenvalue weighted by Gasteiger charge is 2.17. The second-order valence-electron chi connectivity index (χ2n) is 5.60. The Hall–Kier alpha value is -1.33. The SMILES string of the molecule is Cc1cc(CCN2CCN(c3cccc(Br)c3)CC2)n[nH]1. The van der Waals surface area contributed by atoms with Gasteiger partial charge in [0.2, 0.25) is 0 Å². The minimum absolute atomic E-state index is 1.03. The van der Waals surface area contributed by atoms with Crippen LogP contribution < -0.4 is 4.90 Å². The van der Waals surface area contributed by atoms with E-state index < -0.39 is 0 Å². The van der Waals surface area contributed by atoms with Gasteiger partial charge in [-0.2, -0.15) is 5.10 Å². The van der Waals surface area contributed by atoms with Gasteiger partial charge in [0.25, 0.3) is 0 Å². The molecule has 2 aromatic rings. The summed E-state index contributed by atoms with van der Waals surface area (Å²) in [6.45, 7) is 7.57. The predicted octanol–water partition coefficient (Wildman–Crippen LogP) is 2.85. The Morgan fingerprint density at radius 1 is 1.19 bits per heavy atom. The van der Waals surface area contributed by atoms with Crippen LogP contribution in [0.4, 0.5) is 5.69 Å². The molecule has 0 radical (unpaired) electrons. The van der Waals surface area contributed by atoms with Gasteiger partial charge in [-0.1, -0.05) is 22.0 Å². The first kappa shape index (κ1) is 14.6. The van der Waals surface area contributed by atoms with Crippen molar-refractivity contribution in [1.82, 2.24) is 15.1 Å². The largest absolute Gasteiger partial charge is 0.369 e. The zero-order valence-corrected chi connectivity index (χ0v) is 13.9. The molecule has 1 N–H and O–H groups in total. The number of benzene rings is 1. The van der Waals surface area contributed by atoms with E-state index in [0.717, 1.165) is 49.3 Å². The molecular formula is C16H21BrN4. The highest BCUT2D eigenvalue weighted by molar-refractivity contribution is 9.10. The van der Waals surface area contributed by atoms with Gasteiger partial charge in [-0.3, -0.25) is 10.00 Å². The number of halogens is 1. The van der Waals surface area contributed by atoms with E-state index in [-0.39, 0.29) is 0 Å². The number of aryl methyl sites for hydroxylation is 1. The average Bonchev–Trinajstić information content (AvgIpc) is 2.91. The van der Waals surface area contributed by atoms with Crippen molar-refractivity contribution in [2.24, 2.45) is 0 Å². The third-order valence-electron chi connectivity index (χ3n) is 3.99. The molecule has 3 rings (SSSR count). The monoisotopic (exact) mass is 348 g/mol. The number of nitrogens with one attached hydrogen (secondary N) is 1. The van der Waals surface area contributed by atoms with Gasteiger partial charge in [-0.25, -0.2) is 0 Å². The van der Waals surface area contributed by atoms with Crippen LogP contribution in [0.1, 0.15) is 11.4 Å². The zero-order valence-electron chi connectivity index (χ0n) is 12.3. The molecule has 5 heteroatoms. The van der Waals surface area contributed by atoms with Crippen LogP contribution in [0.25, 0.3) is 0 Å². The maximum Gasteiger partial charge on any atom is 0.0637 e. The summed E-state index contributed by atoms with van der Waals surface area (Å²) in [5.74, 6) is 0. The lowest BCUT2D eigenvalue weighted by atomic mass is 10.2. The van der Waals surface area contributed by atoms with Crippen LogP contribution in [0.5, 0.6) is 0 Å². The Labute approximate surface area is 134 Å². The highest BCUT2D eigenvalue weighted by Crippen LogP contribution is 2.21. The molecule has 2 heterocycles. The summed E-state index contributed by atoms with van der Waals surface area (Å²) in [5.41, 5.74) is 3.62. The van der Waals surface area contributed by atoms with Crippen molar-refractivity contribution in [3.05, 3.63) is 46.2 Å². The first-order valence-electron chi connectivity index (χ1n) is 7.44. The maximum absolute atomic E-state index is 4.31. The first-order chi connectivity index (χ1) is 10.2. The van der Waals surface area contributed by atoms with Gasteiger partial charge in [0.15, 0.2) is 0 Å². The topological polar surface area (TPSA) is 35.2 Å². The predicted molar refractivity (Wildman–Crippen MR) is 89.8 cm³/mol. The van der Waals surface area contributed by atoms with E-state index >= 15 is 0 Å². The molecule has 0 saturated carbocycles. The molecule has 1 aromatic heterocycles. The van der Waals surface area contributed by atoms with Crippen LogP contribution >= 0.6 is 15.9 Å². The highest BCUT2D eigenvalue weighted by atomic mass is 79.9. The molecule has 0 amide bonds. The number of aromatic amines is 1.